The summed E-state index contributed by atoms with van der Waals surface area (Å²) in [4.78, 5) is 0. The van der Waals surface area contributed by atoms with Crippen molar-refractivity contribution < 1.29 is 9.84 Å². The Hall–Kier alpha value is -1.62. The van der Waals surface area contributed by atoms with Crippen LogP contribution in [0, 0.1) is 12.3 Å². The molecule has 2 nitrogen and oxygen atoms in total. The number of ether oxygens (including phenoxy) is 1. The molecule has 0 aliphatic rings. The maximum absolute atomic E-state index is 9.05. The van der Waals surface area contributed by atoms with Gasteiger partial charge in [-0.3, -0.25) is 0 Å². The maximum Gasteiger partial charge on any atom is 0.123 e. The summed E-state index contributed by atoms with van der Waals surface area (Å²) >= 11 is 0. The van der Waals surface area contributed by atoms with Gasteiger partial charge in [0.2, 0.25) is 0 Å². The Morgan fingerprint density at radius 1 is 1.50 bits per heavy atom. The van der Waals surface area contributed by atoms with Crippen LogP contribution < -0.4 is 4.74 Å². The molecule has 0 atom stereocenters. The number of phenolic OH excluding ortho intramolecular Hbond substituents is 1. The van der Waals surface area contributed by atoms with Crippen LogP contribution in [0.15, 0.2) is 24.3 Å². The van der Waals surface area contributed by atoms with Crippen LogP contribution in [0.4, 0.5) is 0 Å². The van der Waals surface area contributed by atoms with Crippen LogP contribution in [-0.4, -0.2) is 11.7 Å². The third kappa shape index (κ3) is 2.55. The predicted octanol–water partition coefficient (Wildman–Crippen LogP) is 1.79. The molecule has 0 radical (unpaired) electrons. The average Bonchev–Trinajstić information content (AvgIpc) is 2.05. The van der Waals surface area contributed by atoms with Crippen LogP contribution in [0.2, 0.25) is 0 Å². The average molecular weight is 162 g/mol. The topological polar surface area (TPSA) is 29.5 Å². The lowest BCUT2D eigenvalue weighted by Crippen LogP contribution is -1.94. The summed E-state index contributed by atoms with van der Waals surface area (Å²) in [6.07, 6.45) is 5.62. The first-order valence-corrected chi connectivity index (χ1v) is 3.68. The molecule has 0 heterocycles. The fourth-order valence-electron chi connectivity index (χ4n) is 0.801. The fraction of sp³-hybridized carbons (Fsp3) is 0.200. The minimum atomic E-state index is 0.202. The normalized spacial score (nSPS) is 8.92. The van der Waals surface area contributed by atoms with Crippen molar-refractivity contribution in [1.82, 2.24) is 0 Å². The van der Waals surface area contributed by atoms with Crippen LogP contribution in [0.25, 0.3) is 0 Å². The second-order valence-corrected chi connectivity index (χ2v) is 2.30. The molecule has 0 aromatic heterocycles. The lowest BCUT2D eigenvalue weighted by molar-refractivity contribution is 0.325. The van der Waals surface area contributed by atoms with Crippen molar-refractivity contribution in [3.8, 4) is 23.8 Å². The molecule has 1 rings (SSSR count). The first-order valence-electron chi connectivity index (χ1n) is 3.68. The molecule has 1 aromatic rings. The predicted molar refractivity (Wildman–Crippen MR) is 47.1 cm³/mol. The van der Waals surface area contributed by atoms with Gasteiger partial charge in [0.1, 0.15) is 11.5 Å². The minimum Gasteiger partial charge on any atom is -0.508 e. The van der Waals surface area contributed by atoms with Crippen LogP contribution in [0.1, 0.15) is 6.42 Å². The zero-order valence-corrected chi connectivity index (χ0v) is 6.66. The van der Waals surface area contributed by atoms with Gasteiger partial charge in [0.15, 0.2) is 0 Å². The van der Waals surface area contributed by atoms with Gasteiger partial charge in [0, 0.05) is 12.5 Å². The highest BCUT2D eigenvalue weighted by molar-refractivity contribution is 5.31. The van der Waals surface area contributed by atoms with E-state index in [2.05, 4.69) is 5.92 Å². The van der Waals surface area contributed by atoms with E-state index in [0.29, 0.717) is 18.8 Å². The molecule has 62 valence electrons. The van der Waals surface area contributed by atoms with Crippen molar-refractivity contribution in [2.24, 2.45) is 0 Å². The summed E-state index contributed by atoms with van der Waals surface area (Å²) in [6.45, 7) is 0.486. The molecule has 0 unspecified atom stereocenters. The monoisotopic (exact) mass is 162 g/mol. The molecule has 12 heavy (non-hydrogen) atoms. The summed E-state index contributed by atoms with van der Waals surface area (Å²) < 4.78 is 5.22. The van der Waals surface area contributed by atoms with Crippen LogP contribution in [0.5, 0.6) is 11.5 Å². The number of hydrogen-bond acceptors (Lipinski definition) is 2. The molecule has 0 saturated heterocycles. The van der Waals surface area contributed by atoms with Gasteiger partial charge in [-0.1, -0.05) is 6.07 Å². The molecular formula is C10H10O2. The maximum atomic E-state index is 9.05. The lowest BCUT2D eigenvalue weighted by Gasteiger charge is -2.02. The van der Waals surface area contributed by atoms with Crippen LogP contribution >= 0.6 is 0 Å². The Labute approximate surface area is 71.8 Å². The van der Waals surface area contributed by atoms with E-state index >= 15 is 0 Å². The van der Waals surface area contributed by atoms with Gasteiger partial charge in [-0.15, -0.1) is 12.3 Å². The number of aromatic hydroxyl groups is 1. The van der Waals surface area contributed by atoms with Gasteiger partial charge in [-0.05, 0) is 12.1 Å². The van der Waals surface area contributed by atoms with E-state index in [0.717, 1.165) is 0 Å². The molecule has 0 aliphatic heterocycles. The van der Waals surface area contributed by atoms with E-state index in [9.17, 15) is 0 Å². The van der Waals surface area contributed by atoms with Crippen molar-refractivity contribution in [1.29, 1.82) is 0 Å². The van der Waals surface area contributed by atoms with E-state index < -0.39 is 0 Å². The molecule has 0 saturated carbocycles. The molecule has 0 fully saturated rings. The zero-order chi connectivity index (χ0) is 8.81. The lowest BCUT2D eigenvalue weighted by atomic mass is 10.3. The number of terminal acetylenes is 1. The van der Waals surface area contributed by atoms with Gasteiger partial charge in [-0.2, -0.15) is 0 Å². The third-order valence-electron chi connectivity index (χ3n) is 1.33. The Bertz CT molecular complexity index is 286. The number of rotatable bonds is 3. The Morgan fingerprint density at radius 3 is 3.00 bits per heavy atom. The van der Waals surface area contributed by atoms with Gasteiger partial charge in [-0.25, -0.2) is 0 Å². The summed E-state index contributed by atoms with van der Waals surface area (Å²) in [7, 11) is 0. The highest BCUT2D eigenvalue weighted by Crippen LogP contribution is 2.17. The van der Waals surface area contributed by atoms with Crippen molar-refractivity contribution in [2.45, 2.75) is 6.42 Å². The van der Waals surface area contributed by atoms with E-state index in [-0.39, 0.29) is 5.75 Å². The molecular weight excluding hydrogens is 152 g/mol. The van der Waals surface area contributed by atoms with Crippen LogP contribution in [0.3, 0.4) is 0 Å². The largest absolute Gasteiger partial charge is 0.508 e. The molecule has 0 aliphatic carbocycles. The smallest absolute Gasteiger partial charge is 0.123 e. The highest BCUT2D eigenvalue weighted by Gasteiger charge is 1.92. The Balaban J connectivity index is 2.48. The molecule has 2 heteroatoms. The molecule has 0 bridgehead atoms. The van der Waals surface area contributed by atoms with E-state index in [4.69, 9.17) is 16.3 Å². The van der Waals surface area contributed by atoms with Gasteiger partial charge >= 0.3 is 0 Å². The van der Waals surface area contributed by atoms with Crippen molar-refractivity contribution >= 4 is 0 Å². The van der Waals surface area contributed by atoms with Crippen molar-refractivity contribution in [3.05, 3.63) is 24.3 Å². The quantitative estimate of drug-likeness (QED) is 0.542. The van der Waals surface area contributed by atoms with E-state index in [1.54, 1.807) is 24.3 Å². The summed E-state index contributed by atoms with van der Waals surface area (Å²) in [5, 5.41) is 9.05. The molecule has 0 amide bonds. The molecule has 0 spiro atoms. The van der Waals surface area contributed by atoms with Gasteiger partial charge < -0.3 is 9.84 Å². The van der Waals surface area contributed by atoms with Crippen molar-refractivity contribution in [2.75, 3.05) is 6.61 Å². The number of benzene rings is 1. The van der Waals surface area contributed by atoms with E-state index in [1.165, 1.54) is 0 Å². The number of phenols is 1. The van der Waals surface area contributed by atoms with E-state index in [1.807, 2.05) is 0 Å². The SMILES string of the molecule is C#CCCOc1cccc(O)c1. The van der Waals surface area contributed by atoms with Gasteiger partial charge in [0.25, 0.3) is 0 Å². The number of hydrogen-bond donors (Lipinski definition) is 1. The molecule has 1 N–H and O–H groups in total. The summed E-state index contributed by atoms with van der Waals surface area (Å²) in [5.74, 6) is 3.31. The second kappa shape index (κ2) is 4.30. The summed E-state index contributed by atoms with van der Waals surface area (Å²) in [5.41, 5.74) is 0. The summed E-state index contributed by atoms with van der Waals surface area (Å²) in [6, 6.07) is 6.64. The standard InChI is InChI=1S/C10H10O2/c1-2-3-7-12-10-6-4-5-9(11)8-10/h1,4-6,8,11H,3,7H2. The fourth-order valence-corrected chi connectivity index (χ4v) is 0.801. The minimum absolute atomic E-state index is 0.202. The van der Waals surface area contributed by atoms with Crippen molar-refractivity contribution in [3.63, 3.8) is 0 Å². The van der Waals surface area contributed by atoms with Crippen LogP contribution in [-0.2, 0) is 0 Å². The second-order valence-electron chi connectivity index (χ2n) is 2.30. The Kier molecular flexibility index (Phi) is 3.04. The third-order valence-corrected chi connectivity index (χ3v) is 1.33. The zero-order valence-electron chi connectivity index (χ0n) is 6.66. The first-order chi connectivity index (χ1) is 5.83. The first kappa shape index (κ1) is 8.48. The highest BCUT2D eigenvalue weighted by atomic mass is 16.5. The van der Waals surface area contributed by atoms with Gasteiger partial charge in [0.05, 0.1) is 6.61 Å². The Morgan fingerprint density at radius 2 is 2.33 bits per heavy atom. The molecule has 1 aromatic carbocycles.